The molecule has 1 aromatic carbocycles. The summed E-state index contributed by atoms with van der Waals surface area (Å²) in [5.74, 6) is 0.229. The lowest BCUT2D eigenvalue weighted by molar-refractivity contribution is -0.0107. The molecule has 0 radical (unpaired) electrons. The largest absolute Gasteiger partial charge is 0.379 e. The number of morpholine rings is 1. The Morgan fingerprint density at radius 3 is 2.60 bits per heavy atom. The van der Waals surface area contributed by atoms with Crippen molar-refractivity contribution in [2.24, 2.45) is 0 Å². The Bertz CT molecular complexity index is 471. The van der Waals surface area contributed by atoms with Crippen molar-refractivity contribution in [2.45, 2.75) is 30.7 Å². The van der Waals surface area contributed by atoms with Gasteiger partial charge in [0.1, 0.15) is 0 Å². The maximum absolute atomic E-state index is 13.1. The average molecular weight is 293 g/mol. The molecule has 1 heterocycles. The van der Waals surface area contributed by atoms with Gasteiger partial charge in [-0.25, -0.2) is 0 Å². The molecular formula is C16H23NO2S. The third-order valence-electron chi connectivity index (χ3n) is 4.24. The standard InChI is InChI=1S/C16H23NO2S/c1-4-16(2,17-9-11-19-12-10-17)15(18)13-7-5-6-8-14(13)20-3/h5-8H,4,9-12H2,1-3H3. The summed E-state index contributed by atoms with van der Waals surface area (Å²) in [5, 5.41) is 0. The van der Waals surface area contributed by atoms with Crippen molar-refractivity contribution >= 4 is 17.5 Å². The van der Waals surface area contributed by atoms with E-state index in [1.165, 1.54) is 0 Å². The van der Waals surface area contributed by atoms with E-state index in [1.54, 1.807) is 11.8 Å². The smallest absolute Gasteiger partial charge is 0.183 e. The minimum absolute atomic E-state index is 0.229. The number of carbonyl (C=O) groups is 1. The minimum atomic E-state index is -0.435. The molecule has 4 heteroatoms. The molecule has 0 aromatic heterocycles. The fourth-order valence-electron chi connectivity index (χ4n) is 2.71. The molecule has 0 saturated carbocycles. The van der Waals surface area contributed by atoms with Gasteiger partial charge in [-0.05, 0) is 25.7 Å². The first-order chi connectivity index (χ1) is 9.63. The highest BCUT2D eigenvalue weighted by atomic mass is 32.2. The second-order valence-electron chi connectivity index (χ2n) is 5.26. The van der Waals surface area contributed by atoms with Gasteiger partial charge in [-0.3, -0.25) is 9.69 Å². The lowest BCUT2D eigenvalue weighted by Gasteiger charge is -2.41. The van der Waals surface area contributed by atoms with Crippen LogP contribution in [-0.2, 0) is 4.74 Å². The second-order valence-corrected chi connectivity index (χ2v) is 6.10. The first kappa shape index (κ1) is 15.5. The molecule has 20 heavy (non-hydrogen) atoms. The summed E-state index contributed by atoms with van der Waals surface area (Å²) in [6.45, 7) is 7.25. The number of nitrogens with zero attached hydrogens (tertiary/aromatic N) is 1. The van der Waals surface area contributed by atoms with Crippen LogP contribution in [0.25, 0.3) is 0 Å². The molecule has 0 aliphatic carbocycles. The van der Waals surface area contributed by atoms with Crippen LogP contribution >= 0.6 is 11.8 Å². The van der Waals surface area contributed by atoms with E-state index in [-0.39, 0.29) is 5.78 Å². The Morgan fingerprint density at radius 1 is 1.35 bits per heavy atom. The Morgan fingerprint density at radius 2 is 2.00 bits per heavy atom. The SMILES string of the molecule is CCC(C)(C(=O)c1ccccc1SC)N1CCOCC1. The predicted molar refractivity (Wildman–Crippen MR) is 83.6 cm³/mol. The van der Waals surface area contributed by atoms with Gasteiger partial charge in [0.05, 0.1) is 18.8 Å². The fourth-order valence-corrected chi connectivity index (χ4v) is 3.30. The Kier molecular flexibility index (Phi) is 5.24. The number of Topliss-reactive ketones (excluding diaryl/α,β-unsaturated/α-hetero) is 1. The van der Waals surface area contributed by atoms with Crippen molar-refractivity contribution in [1.29, 1.82) is 0 Å². The molecule has 3 nitrogen and oxygen atoms in total. The number of ether oxygens (including phenoxy) is 1. The predicted octanol–water partition coefficient (Wildman–Crippen LogP) is 3.09. The fraction of sp³-hybridized carbons (Fsp3) is 0.562. The van der Waals surface area contributed by atoms with E-state index in [0.29, 0.717) is 13.2 Å². The van der Waals surface area contributed by atoms with Crippen molar-refractivity contribution in [3.05, 3.63) is 29.8 Å². The topological polar surface area (TPSA) is 29.5 Å². The summed E-state index contributed by atoms with van der Waals surface area (Å²) in [7, 11) is 0. The van der Waals surface area contributed by atoms with Gasteiger partial charge in [0.2, 0.25) is 0 Å². The van der Waals surface area contributed by atoms with E-state index in [2.05, 4.69) is 18.7 Å². The lowest BCUT2D eigenvalue weighted by Crippen LogP contribution is -2.56. The number of hydrogen-bond acceptors (Lipinski definition) is 4. The molecule has 1 aliphatic heterocycles. The van der Waals surface area contributed by atoms with Gasteiger partial charge >= 0.3 is 0 Å². The molecule has 1 aromatic rings. The van der Waals surface area contributed by atoms with Gasteiger partial charge in [0.25, 0.3) is 0 Å². The molecular weight excluding hydrogens is 270 g/mol. The molecule has 0 spiro atoms. The molecule has 2 rings (SSSR count). The molecule has 1 saturated heterocycles. The van der Waals surface area contributed by atoms with Gasteiger partial charge in [-0.1, -0.05) is 25.1 Å². The number of hydrogen-bond donors (Lipinski definition) is 0. The zero-order chi connectivity index (χ0) is 14.6. The third-order valence-corrected chi connectivity index (χ3v) is 5.03. The molecule has 1 atom stereocenters. The van der Waals surface area contributed by atoms with Crippen molar-refractivity contribution in [3.8, 4) is 0 Å². The molecule has 0 N–H and O–H groups in total. The summed E-state index contributed by atoms with van der Waals surface area (Å²) >= 11 is 1.63. The van der Waals surface area contributed by atoms with Crippen LogP contribution in [0.15, 0.2) is 29.2 Å². The molecule has 110 valence electrons. The highest BCUT2D eigenvalue weighted by Crippen LogP contribution is 2.30. The number of benzene rings is 1. The van der Waals surface area contributed by atoms with E-state index in [4.69, 9.17) is 4.74 Å². The summed E-state index contributed by atoms with van der Waals surface area (Å²) in [6.07, 6.45) is 2.83. The summed E-state index contributed by atoms with van der Waals surface area (Å²) in [6, 6.07) is 7.90. The Balaban J connectivity index is 2.32. The van der Waals surface area contributed by atoms with Gasteiger partial charge < -0.3 is 4.74 Å². The number of carbonyl (C=O) groups excluding carboxylic acids is 1. The second kappa shape index (κ2) is 6.74. The summed E-state index contributed by atoms with van der Waals surface area (Å²) in [5.41, 5.74) is 0.408. The summed E-state index contributed by atoms with van der Waals surface area (Å²) < 4.78 is 5.41. The van der Waals surface area contributed by atoms with Crippen LogP contribution in [0.3, 0.4) is 0 Å². The van der Waals surface area contributed by atoms with Crippen molar-refractivity contribution in [1.82, 2.24) is 4.90 Å². The molecule has 0 amide bonds. The van der Waals surface area contributed by atoms with Crippen LogP contribution in [0, 0.1) is 0 Å². The zero-order valence-electron chi connectivity index (χ0n) is 12.5. The highest BCUT2D eigenvalue weighted by molar-refractivity contribution is 7.98. The molecule has 1 fully saturated rings. The van der Waals surface area contributed by atoms with E-state index in [1.807, 2.05) is 30.5 Å². The van der Waals surface area contributed by atoms with Crippen molar-refractivity contribution < 1.29 is 9.53 Å². The van der Waals surface area contributed by atoms with Crippen LogP contribution in [0.1, 0.15) is 30.6 Å². The van der Waals surface area contributed by atoms with Crippen LogP contribution in [0.2, 0.25) is 0 Å². The van der Waals surface area contributed by atoms with Crippen LogP contribution in [0.4, 0.5) is 0 Å². The minimum Gasteiger partial charge on any atom is -0.379 e. The van der Waals surface area contributed by atoms with E-state index < -0.39 is 5.54 Å². The highest BCUT2D eigenvalue weighted by Gasteiger charge is 2.39. The van der Waals surface area contributed by atoms with E-state index >= 15 is 0 Å². The monoisotopic (exact) mass is 293 g/mol. The van der Waals surface area contributed by atoms with Gasteiger partial charge in [-0.15, -0.1) is 11.8 Å². The van der Waals surface area contributed by atoms with Gasteiger partial charge in [0.15, 0.2) is 5.78 Å². The van der Waals surface area contributed by atoms with Gasteiger partial charge in [0, 0.05) is 23.5 Å². The number of rotatable bonds is 5. The number of thioether (sulfide) groups is 1. The van der Waals surface area contributed by atoms with Gasteiger partial charge in [-0.2, -0.15) is 0 Å². The van der Waals surface area contributed by atoms with Crippen LogP contribution < -0.4 is 0 Å². The van der Waals surface area contributed by atoms with Crippen molar-refractivity contribution in [3.63, 3.8) is 0 Å². The quantitative estimate of drug-likeness (QED) is 0.616. The molecule has 0 bridgehead atoms. The molecule has 1 aliphatic rings. The van der Waals surface area contributed by atoms with Crippen molar-refractivity contribution in [2.75, 3.05) is 32.6 Å². The third kappa shape index (κ3) is 2.92. The summed E-state index contributed by atoms with van der Waals surface area (Å²) in [4.78, 5) is 16.4. The maximum atomic E-state index is 13.1. The first-order valence-corrected chi connectivity index (χ1v) is 8.36. The van der Waals surface area contributed by atoms with E-state index in [9.17, 15) is 4.79 Å². The van der Waals surface area contributed by atoms with Crippen LogP contribution in [0.5, 0.6) is 0 Å². The number of ketones is 1. The Hall–Kier alpha value is -0.840. The zero-order valence-corrected chi connectivity index (χ0v) is 13.3. The molecule has 1 unspecified atom stereocenters. The maximum Gasteiger partial charge on any atom is 0.183 e. The average Bonchev–Trinajstić information content (AvgIpc) is 2.54. The lowest BCUT2D eigenvalue weighted by atomic mass is 9.86. The first-order valence-electron chi connectivity index (χ1n) is 7.14. The Labute approximate surface area is 125 Å². The van der Waals surface area contributed by atoms with Crippen LogP contribution in [-0.4, -0.2) is 48.8 Å². The normalized spacial score (nSPS) is 19.6. The van der Waals surface area contributed by atoms with E-state index in [0.717, 1.165) is 30.0 Å².